The van der Waals surface area contributed by atoms with Crippen LogP contribution in [0.4, 0.5) is 16.5 Å². The summed E-state index contributed by atoms with van der Waals surface area (Å²) < 4.78 is 10.9. The lowest BCUT2D eigenvalue weighted by Crippen LogP contribution is -2.07. The van der Waals surface area contributed by atoms with Crippen molar-refractivity contribution >= 4 is 39.8 Å². The number of pyridine rings is 1. The van der Waals surface area contributed by atoms with Gasteiger partial charge in [0.2, 0.25) is 5.91 Å². The maximum Gasteiger partial charge on any atom is 0.248 e. The van der Waals surface area contributed by atoms with Crippen LogP contribution >= 0.6 is 11.3 Å². The fourth-order valence-electron chi connectivity index (χ4n) is 3.17. The monoisotopic (exact) mass is 472 g/mol. The molecule has 0 fully saturated rings. The van der Waals surface area contributed by atoms with E-state index < -0.39 is 0 Å². The minimum atomic E-state index is -0.226. The van der Waals surface area contributed by atoms with Gasteiger partial charge in [-0.25, -0.2) is 4.98 Å². The van der Waals surface area contributed by atoms with Crippen molar-refractivity contribution < 1.29 is 14.3 Å². The van der Waals surface area contributed by atoms with E-state index in [-0.39, 0.29) is 5.91 Å². The minimum absolute atomic E-state index is 0.226. The van der Waals surface area contributed by atoms with Gasteiger partial charge in [-0.05, 0) is 67.1 Å². The largest absolute Gasteiger partial charge is 0.493 e. The molecule has 2 aromatic carbocycles. The number of aromatic nitrogens is 2. The zero-order valence-electron chi connectivity index (χ0n) is 18.8. The Bertz CT molecular complexity index is 1270. The van der Waals surface area contributed by atoms with Crippen LogP contribution in [0, 0.1) is 0 Å². The summed E-state index contributed by atoms with van der Waals surface area (Å²) in [5, 5.41) is 8.94. The highest BCUT2D eigenvalue weighted by molar-refractivity contribution is 7.14. The number of carbonyl (C=O) groups excluding carboxylic acids is 1. The van der Waals surface area contributed by atoms with Crippen molar-refractivity contribution in [2.24, 2.45) is 0 Å². The molecule has 1 amide bonds. The molecule has 172 valence electrons. The Morgan fingerprint density at radius 1 is 1.03 bits per heavy atom. The number of methoxy groups -OCH3 is 1. The summed E-state index contributed by atoms with van der Waals surface area (Å²) in [7, 11) is 1.59. The van der Waals surface area contributed by atoms with E-state index in [1.165, 1.54) is 17.4 Å². The number of amides is 1. The van der Waals surface area contributed by atoms with Crippen molar-refractivity contribution in [2.75, 3.05) is 24.4 Å². The third kappa shape index (κ3) is 5.99. The number of thiazole rings is 1. The molecule has 0 bridgehead atoms. The van der Waals surface area contributed by atoms with Gasteiger partial charge in [0, 0.05) is 40.8 Å². The predicted molar refractivity (Wildman–Crippen MR) is 137 cm³/mol. The van der Waals surface area contributed by atoms with Crippen LogP contribution in [0.25, 0.3) is 17.3 Å². The van der Waals surface area contributed by atoms with Crippen LogP contribution < -0.4 is 20.1 Å². The summed E-state index contributed by atoms with van der Waals surface area (Å²) in [6, 6.07) is 16.8. The first kappa shape index (κ1) is 23.0. The molecular formula is C26H24N4O3S. The average Bonchev–Trinajstić information content (AvgIpc) is 3.34. The van der Waals surface area contributed by atoms with Crippen LogP contribution in [0.15, 0.2) is 78.4 Å². The molecule has 7 nitrogen and oxygen atoms in total. The molecule has 4 aromatic rings. The second-order valence-corrected chi connectivity index (χ2v) is 8.00. The number of anilines is 3. The Hall–Kier alpha value is -4.17. The van der Waals surface area contributed by atoms with Crippen LogP contribution in [-0.2, 0) is 4.79 Å². The van der Waals surface area contributed by atoms with Crippen molar-refractivity contribution in [3.8, 4) is 22.8 Å². The smallest absolute Gasteiger partial charge is 0.248 e. The number of benzene rings is 2. The summed E-state index contributed by atoms with van der Waals surface area (Å²) in [4.78, 5) is 21.0. The molecule has 0 saturated heterocycles. The third-order valence-electron chi connectivity index (χ3n) is 4.80. The third-order valence-corrected chi connectivity index (χ3v) is 5.56. The van der Waals surface area contributed by atoms with Crippen molar-refractivity contribution in [3.63, 3.8) is 0 Å². The Morgan fingerprint density at radius 2 is 1.79 bits per heavy atom. The second kappa shape index (κ2) is 11.1. The minimum Gasteiger partial charge on any atom is -0.493 e. The summed E-state index contributed by atoms with van der Waals surface area (Å²) in [6.07, 6.45) is 6.71. The molecule has 34 heavy (non-hydrogen) atoms. The lowest BCUT2D eigenvalue weighted by molar-refractivity contribution is -0.111. The number of nitrogens with zero attached hydrogens (tertiary/aromatic N) is 2. The molecule has 2 heterocycles. The van der Waals surface area contributed by atoms with Gasteiger partial charge in [-0.15, -0.1) is 11.3 Å². The number of carbonyl (C=O) groups is 1. The quantitative estimate of drug-likeness (QED) is 0.290. The highest BCUT2D eigenvalue weighted by atomic mass is 32.1. The average molecular weight is 473 g/mol. The van der Waals surface area contributed by atoms with Gasteiger partial charge in [0.1, 0.15) is 0 Å². The number of hydrogen-bond acceptors (Lipinski definition) is 7. The number of rotatable bonds is 9. The highest BCUT2D eigenvalue weighted by Crippen LogP contribution is 2.29. The Labute approximate surface area is 202 Å². The van der Waals surface area contributed by atoms with Gasteiger partial charge in [0.05, 0.1) is 19.4 Å². The predicted octanol–water partition coefficient (Wildman–Crippen LogP) is 6.01. The second-order valence-electron chi connectivity index (χ2n) is 7.14. The fraction of sp³-hybridized carbons (Fsp3) is 0.115. The molecule has 0 spiro atoms. The standard InChI is InChI=1S/C26H24N4O3S/c1-3-33-23-10-4-18(16-24(23)32-2)5-11-25(31)28-20-6-8-21(9-7-20)29-26-30-22(17-34-26)19-12-14-27-15-13-19/h4-17H,3H2,1-2H3,(H,28,31)(H,29,30)/b11-5+. The van der Waals surface area contributed by atoms with E-state index in [9.17, 15) is 4.79 Å². The summed E-state index contributed by atoms with van der Waals surface area (Å²) in [6.45, 7) is 2.47. The van der Waals surface area contributed by atoms with Crippen LogP contribution in [-0.4, -0.2) is 29.6 Å². The van der Waals surface area contributed by atoms with Crippen LogP contribution in [0.2, 0.25) is 0 Å². The number of ether oxygens (including phenoxy) is 2. The van der Waals surface area contributed by atoms with E-state index in [0.29, 0.717) is 23.8 Å². The van der Waals surface area contributed by atoms with Gasteiger partial charge >= 0.3 is 0 Å². The van der Waals surface area contributed by atoms with E-state index in [1.54, 1.807) is 25.6 Å². The van der Waals surface area contributed by atoms with E-state index in [4.69, 9.17) is 9.47 Å². The normalized spacial score (nSPS) is 10.8. The van der Waals surface area contributed by atoms with Crippen LogP contribution in [0.3, 0.4) is 0 Å². The van der Waals surface area contributed by atoms with E-state index in [1.807, 2.05) is 66.9 Å². The first-order chi connectivity index (χ1) is 16.6. The first-order valence-corrected chi connectivity index (χ1v) is 11.6. The van der Waals surface area contributed by atoms with Gasteiger partial charge in [0.15, 0.2) is 16.6 Å². The van der Waals surface area contributed by atoms with Gasteiger partial charge in [-0.2, -0.15) is 0 Å². The molecule has 2 aromatic heterocycles. The van der Waals surface area contributed by atoms with Crippen LogP contribution in [0.1, 0.15) is 12.5 Å². The zero-order valence-corrected chi connectivity index (χ0v) is 19.6. The maximum absolute atomic E-state index is 12.3. The Kier molecular flexibility index (Phi) is 7.52. The van der Waals surface area contributed by atoms with Crippen molar-refractivity contribution in [1.82, 2.24) is 9.97 Å². The molecular weight excluding hydrogens is 448 g/mol. The lowest BCUT2D eigenvalue weighted by Gasteiger charge is -2.09. The molecule has 0 saturated carbocycles. The first-order valence-electron chi connectivity index (χ1n) is 10.7. The molecule has 0 unspecified atom stereocenters. The van der Waals surface area contributed by atoms with Crippen molar-refractivity contribution in [1.29, 1.82) is 0 Å². The van der Waals surface area contributed by atoms with E-state index in [2.05, 4.69) is 20.6 Å². The highest BCUT2D eigenvalue weighted by Gasteiger charge is 2.06. The lowest BCUT2D eigenvalue weighted by atomic mass is 10.2. The van der Waals surface area contributed by atoms with Gasteiger partial charge < -0.3 is 20.1 Å². The zero-order chi connectivity index (χ0) is 23.8. The van der Waals surface area contributed by atoms with Crippen molar-refractivity contribution in [2.45, 2.75) is 6.92 Å². The molecule has 0 radical (unpaired) electrons. The van der Waals surface area contributed by atoms with E-state index in [0.717, 1.165) is 27.6 Å². The molecule has 8 heteroatoms. The van der Waals surface area contributed by atoms with Crippen molar-refractivity contribution in [3.05, 3.63) is 84.0 Å². The molecule has 2 N–H and O–H groups in total. The Morgan fingerprint density at radius 3 is 2.53 bits per heavy atom. The number of nitrogens with one attached hydrogen (secondary N) is 2. The summed E-state index contributed by atoms with van der Waals surface area (Å²) in [5.41, 5.74) is 4.33. The molecule has 0 aliphatic rings. The SMILES string of the molecule is CCOc1ccc(/C=C/C(=O)Nc2ccc(Nc3nc(-c4ccncc4)cs3)cc2)cc1OC. The maximum atomic E-state index is 12.3. The molecule has 0 aliphatic carbocycles. The molecule has 4 rings (SSSR count). The van der Waals surface area contributed by atoms with E-state index >= 15 is 0 Å². The molecule has 0 atom stereocenters. The Balaban J connectivity index is 1.34. The van der Waals surface area contributed by atoms with Crippen LogP contribution in [0.5, 0.6) is 11.5 Å². The summed E-state index contributed by atoms with van der Waals surface area (Å²) in [5.74, 6) is 1.07. The topological polar surface area (TPSA) is 85.4 Å². The van der Waals surface area contributed by atoms with Gasteiger partial charge in [-0.1, -0.05) is 6.07 Å². The fourth-order valence-corrected chi connectivity index (χ4v) is 3.91. The number of hydrogen-bond donors (Lipinski definition) is 2. The summed E-state index contributed by atoms with van der Waals surface area (Å²) >= 11 is 1.53. The molecule has 0 aliphatic heterocycles. The van der Waals surface area contributed by atoms with Gasteiger partial charge in [0.25, 0.3) is 0 Å². The van der Waals surface area contributed by atoms with Gasteiger partial charge in [-0.3, -0.25) is 9.78 Å².